The summed E-state index contributed by atoms with van der Waals surface area (Å²) in [5.41, 5.74) is 2.05. The standard InChI is InChI=1S/C22H29N5O2/c1-16-14-25-21(17-7-9-23-10-8-17)26(16)12-11-24-22(29)18-13-20(28)27(15-18)19-5-3-2-4-6-19/h7-10,14,18-19H,2-6,11-13,15H2,1H3,(H,24,29). The highest BCUT2D eigenvalue weighted by molar-refractivity contribution is 5.89. The molecular weight excluding hydrogens is 366 g/mol. The molecular formula is C22H29N5O2. The third-order valence-electron chi connectivity index (χ3n) is 6.17. The molecule has 1 unspecified atom stereocenters. The highest BCUT2D eigenvalue weighted by Gasteiger charge is 2.37. The molecule has 1 N–H and O–H groups in total. The minimum atomic E-state index is -0.229. The molecule has 0 spiro atoms. The van der Waals surface area contributed by atoms with Gasteiger partial charge in [0.05, 0.1) is 5.92 Å². The Bertz CT molecular complexity index is 857. The number of hydrogen-bond donors (Lipinski definition) is 1. The van der Waals surface area contributed by atoms with E-state index in [0.29, 0.717) is 32.1 Å². The molecule has 0 bridgehead atoms. The van der Waals surface area contributed by atoms with Gasteiger partial charge in [0.2, 0.25) is 11.8 Å². The fourth-order valence-corrected chi connectivity index (χ4v) is 4.56. The predicted octanol–water partition coefficient (Wildman–Crippen LogP) is 2.55. The van der Waals surface area contributed by atoms with E-state index in [2.05, 4.69) is 19.9 Å². The molecule has 1 aliphatic carbocycles. The van der Waals surface area contributed by atoms with Crippen molar-refractivity contribution in [2.24, 2.45) is 5.92 Å². The first kappa shape index (κ1) is 19.6. The molecule has 1 atom stereocenters. The molecule has 0 radical (unpaired) electrons. The van der Waals surface area contributed by atoms with Crippen molar-refractivity contribution in [1.82, 2.24) is 24.8 Å². The Kier molecular flexibility index (Phi) is 5.92. The van der Waals surface area contributed by atoms with Crippen molar-refractivity contribution in [3.8, 4) is 11.4 Å². The first-order chi connectivity index (χ1) is 14.1. The molecule has 154 valence electrons. The number of rotatable bonds is 6. The fraction of sp³-hybridized carbons (Fsp3) is 0.545. The van der Waals surface area contributed by atoms with Crippen molar-refractivity contribution in [3.63, 3.8) is 0 Å². The fourth-order valence-electron chi connectivity index (χ4n) is 4.56. The van der Waals surface area contributed by atoms with Crippen LogP contribution in [0.25, 0.3) is 11.4 Å². The molecule has 2 fully saturated rings. The second kappa shape index (κ2) is 8.76. The van der Waals surface area contributed by atoms with Gasteiger partial charge in [-0.3, -0.25) is 14.6 Å². The molecule has 1 saturated carbocycles. The van der Waals surface area contributed by atoms with Crippen LogP contribution in [0.2, 0.25) is 0 Å². The Morgan fingerprint density at radius 1 is 1.21 bits per heavy atom. The second-order valence-corrected chi connectivity index (χ2v) is 8.14. The molecule has 7 heteroatoms. The summed E-state index contributed by atoms with van der Waals surface area (Å²) in [5, 5.41) is 3.03. The van der Waals surface area contributed by atoms with Gasteiger partial charge in [-0.2, -0.15) is 0 Å². The molecule has 4 rings (SSSR count). The van der Waals surface area contributed by atoms with E-state index in [4.69, 9.17) is 0 Å². The van der Waals surface area contributed by atoms with E-state index in [-0.39, 0.29) is 17.7 Å². The van der Waals surface area contributed by atoms with Gasteiger partial charge in [0.15, 0.2) is 0 Å². The number of amides is 2. The summed E-state index contributed by atoms with van der Waals surface area (Å²) < 4.78 is 2.10. The highest BCUT2D eigenvalue weighted by Crippen LogP contribution is 2.28. The van der Waals surface area contributed by atoms with Crippen LogP contribution in [0.1, 0.15) is 44.2 Å². The summed E-state index contributed by atoms with van der Waals surface area (Å²) in [6.45, 7) is 3.74. The highest BCUT2D eigenvalue weighted by atomic mass is 16.2. The van der Waals surface area contributed by atoms with Gasteiger partial charge in [0.25, 0.3) is 0 Å². The van der Waals surface area contributed by atoms with Crippen LogP contribution in [0, 0.1) is 12.8 Å². The number of aromatic nitrogens is 3. The largest absolute Gasteiger partial charge is 0.354 e. The van der Waals surface area contributed by atoms with E-state index < -0.39 is 0 Å². The number of aryl methyl sites for hydroxylation is 1. The molecule has 1 aliphatic heterocycles. The maximum Gasteiger partial charge on any atom is 0.225 e. The number of pyridine rings is 1. The van der Waals surface area contributed by atoms with E-state index >= 15 is 0 Å². The number of likely N-dealkylation sites (tertiary alicyclic amines) is 1. The van der Waals surface area contributed by atoms with Crippen molar-refractivity contribution in [3.05, 3.63) is 36.4 Å². The number of hydrogen-bond acceptors (Lipinski definition) is 4. The maximum atomic E-state index is 12.7. The lowest BCUT2D eigenvalue weighted by Crippen LogP contribution is -2.39. The quantitative estimate of drug-likeness (QED) is 0.815. The van der Waals surface area contributed by atoms with Gasteiger partial charge in [-0.25, -0.2) is 4.98 Å². The van der Waals surface area contributed by atoms with Gasteiger partial charge >= 0.3 is 0 Å². The average molecular weight is 396 g/mol. The lowest BCUT2D eigenvalue weighted by molar-refractivity contribution is -0.130. The van der Waals surface area contributed by atoms with Crippen LogP contribution in [-0.2, 0) is 16.1 Å². The SMILES string of the molecule is Cc1cnc(-c2ccncc2)n1CCNC(=O)C1CC(=O)N(C2CCCCC2)C1. The smallest absolute Gasteiger partial charge is 0.225 e. The van der Waals surface area contributed by atoms with Crippen LogP contribution >= 0.6 is 0 Å². The maximum absolute atomic E-state index is 12.7. The Morgan fingerprint density at radius 3 is 2.72 bits per heavy atom. The molecule has 2 aromatic rings. The molecule has 29 heavy (non-hydrogen) atoms. The Hall–Kier alpha value is -2.70. The molecule has 3 heterocycles. The van der Waals surface area contributed by atoms with Gasteiger partial charge in [0.1, 0.15) is 5.82 Å². The monoisotopic (exact) mass is 395 g/mol. The van der Waals surface area contributed by atoms with E-state index in [1.165, 1.54) is 19.3 Å². The zero-order valence-corrected chi connectivity index (χ0v) is 17.0. The Labute approximate surface area is 171 Å². The summed E-state index contributed by atoms with van der Waals surface area (Å²) in [6, 6.07) is 4.20. The normalized spacial score (nSPS) is 20.2. The topological polar surface area (TPSA) is 80.1 Å². The second-order valence-electron chi connectivity index (χ2n) is 8.14. The number of imidazole rings is 1. The zero-order chi connectivity index (χ0) is 20.2. The number of carbonyl (C=O) groups excluding carboxylic acids is 2. The van der Waals surface area contributed by atoms with Gasteiger partial charge in [-0.05, 0) is 31.9 Å². The van der Waals surface area contributed by atoms with Gasteiger partial charge in [-0.15, -0.1) is 0 Å². The van der Waals surface area contributed by atoms with Crippen molar-refractivity contribution in [2.45, 2.75) is 58.0 Å². The minimum Gasteiger partial charge on any atom is -0.354 e. The van der Waals surface area contributed by atoms with Crippen molar-refractivity contribution in [1.29, 1.82) is 0 Å². The van der Waals surface area contributed by atoms with E-state index in [1.54, 1.807) is 12.4 Å². The molecule has 2 amide bonds. The Balaban J connectivity index is 1.32. The van der Waals surface area contributed by atoms with Crippen LogP contribution in [0.4, 0.5) is 0 Å². The van der Waals surface area contributed by atoms with Gasteiger partial charge < -0.3 is 14.8 Å². The van der Waals surface area contributed by atoms with E-state index in [1.807, 2.05) is 30.2 Å². The lowest BCUT2D eigenvalue weighted by atomic mass is 9.94. The first-order valence-electron chi connectivity index (χ1n) is 10.6. The summed E-state index contributed by atoms with van der Waals surface area (Å²) in [7, 11) is 0. The van der Waals surface area contributed by atoms with Crippen molar-refractivity contribution >= 4 is 11.8 Å². The first-order valence-corrected chi connectivity index (χ1v) is 10.6. The van der Waals surface area contributed by atoms with Crippen LogP contribution in [-0.4, -0.2) is 50.4 Å². The van der Waals surface area contributed by atoms with E-state index in [0.717, 1.165) is 29.9 Å². The Morgan fingerprint density at radius 2 is 1.97 bits per heavy atom. The summed E-state index contributed by atoms with van der Waals surface area (Å²) in [5.74, 6) is 0.772. The predicted molar refractivity (Wildman–Crippen MR) is 110 cm³/mol. The van der Waals surface area contributed by atoms with Crippen LogP contribution in [0.15, 0.2) is 30.7 Å². The van der Waals surface area contributed by atoms with E-state index in [9.17, 15) is 9.59 Å². The van der Waals surface area contributed by atoms with Gasteiger partial charge in [0, 0.05) is 61.9 Å². The third kappa shape index (κ3) is 4.33. The lowest BCUT2D eigenvalue weighted by Gasteiger charge is -2.31. The molecule has 2 aliphatic rings. The number of nitrogens with zero attached hydrogens (tertiary/aromatic N) is 4. The third-order valence-corrected chi connectivity index (χ3v) is 6.17. The van der Waals surface area contributed by atoms with Crippen LogP contribution < -0.4 is 5.32 Å². The zero-order valence-electron chi connectivity index (χ0n) is 17.0. The summed E-state index contributed by atoms with van der Waals surface area (Å²) >= 11 is 0. The summed E-state index contributed by atoms with van der Waals surface area (Å²) in [4.78, 5) is 35.6. The van der Waals surface area contributed by atoms with Crippen LogP contribution in [0.3, 0.4) is 0 Å². The number of carbonyl (C=O) groups is 2. The molecule has 2 aromatic heterocycles. The molecule has 7 nitrogen and oxygen atoms in total. The van der Waals surface area contributed by atoms with Crippen molar-refractivity contribution in [2.75, 3.05) is 13.1 Å². The van der Waals surface area contributed by atoms with Crippen molar-refractivity contribution < 1.29 is 9.59 Å². The molecule has 1 saturated heterocycles. The minimum absolute atomic E-state index is 0.0140. The summed E-state index contributed by atoms with van der Waals surface area (Å²) in [6.07, 6.45) is 11.5. The molecule has 0 aromatic carbocycles. The van der Waals surface area contributed by atoms with Crippen LogP contribution in [0.5, 0.6) is 0 Å². The average Bonchev–Trinajstić information content (AvgIpc) is 3.32. The van der Waals surface area contributed by atoms with Gasteiger partial charge in [-0.1, -0.05) is 19.3 Å². The number of nitrogens with one attached hydrogen (secondary N) is 1.